The average Bonchev–Trinajstić information content (AvgIpc) is 1.47. The largest absolute Gasteiger partial charge is 0.496 e. The van der Waals surface area contributed by atoms with Crippen molar-refractivity contribution in [3.05, 3.63) is 70.9 Å². The van der Waals surface area contributed by atoms with Crippen LogP contribution in [-0.4, -0.2) is 291 Å². The Hall–Kier alpha value is -7.88. The molecule has 0 bridgehead atoms. The third-order valence-electron chi connectivity index (χ3n) is 20.9. The lowest BCUT2D eigenvalue weighted by Crippen LogP contribution is -2.82. The number of methoxy groups -OCH3 is 3. The summed E-state index contributed by atoms with van der Waals surface area (Å²) in [6.45, 7) is 6.91. The highest BCUT2D eigenvalue weighted by Gasteiger charge is 2.79. The van der Waals surface area contributed by atoms with Crippen molar-refractivity contribution in [1.82, 2.24) is 46.9 Å². The molecule has 5 aliphatic rings. The minimum atomic E-state index is -2.70. The van der Waals surface area contributed by atoms with Gasteiger partial charge in [0.05, 0.1) is 85.0 Å². The second kappa shape index (κ2) is 37.3. The molecule has 6 amide bonds. The van der Waals surface area contributed by atoms with Gasteiger partial charge in [-0.15, -0.1) is 0 Å². The number of hydrogen-bond acceptors (Lipinski definition) is 26. The van der Waals surface area contributed by atoms with Crippen LogP contribution in [0.4, 0.5) is 10.5 Å². The van der Waals surface area contributed by atoms with Crippen molar-refractivity contribution in [3.63, 3.8) is 0 Å². The lowest BCUT2D eigenvalue weighted by Gasteiger charge is -2.63. The number of likely N-dealkylation sites (N-methyl/N-ethyl adjacent to an activating group) is 2. The van der Waals surface area contributed by atoms with E-state index in [-0.39, 0.29) is 57.2 Å². The molecule has 1 unspecified atom stereocenters. The monoisotopic (exact) mass is 1530 g/mol. The van der Waals surface area contributed by atoms with Crippen molar-refractivity contribution in [2.24, 2.45) is 11.1 Å². The number of aliphatic hydroxyl groups excluding tert-OH is 1. The van der Waals surface area contributed by atoms with Gasteiger partial charge in [-0.3, -0.25) is 48.7 Å². The number of fused-ring (bicyclic) bond motifs is 4. The number of β-amino-alcohol motifs (C(OH)–C–C–N with tert-alkyl or cyclic N) is 1. The minimum Gasteiger partial charge on any atom is -0.496 e. The molecule has 3 aromatic rings. The van der Waals surface area contributed by atoms with E-state index >= 15 is 9.59 Å². The summed E-state index contributed by atoms with van der Waals surface area (Å²) >= 11 is 0. The van der Waals surface area contributed by atoms with Crippen molar-refractivity contribution in [2.45, 2.75) is 142 Å². The molecule has 8 rings (SSSR count). The summed E-state index contributed by atoms with van der Waals surface area (Å²) in [5, 5.41) is 77.7. The molecule has 586 valence electrons. The van der Waals surface area contributed by atoms with Crippen molar-refractivity contribution in [3.8, 4) is 5.75 Å². The Labute approximate surface area is 621 Å². The van der Waals surface area contributed by atoms with Crippen LogP contribution in [0.3, 0.4) is 0 Å². The molecule has 1 spiro atoms. The number of aromatic nitrogens is 1. The zero-order valence-corrected chi connectivity index (χ0v) is 62.3. The Balaban J connectivity index is 0.902. The molecule has 1 saturated heterocycles. The van der Waals surface area contributed by atoms with Crippen LogP contribution >= 0.6 is 21.6 Å². The maximum Gasteiger partial charge on any atom is 0.426 e. The number of carbonyl (C=O) groups excluding carboxylic acids is 7. The molecule has 2 fully saturated rings. The number of para-hydroxylation sites is 1. The first-order chi connectivity index (χ1) is 50.6. The number of carbonyl (C=O) groups is 10. The van der Waals surface area contributed by atoms with Gasteiger partial charge < -0.3 is 106 Å². The Morgan fingerprint density at radius 3 is 2.03 bits per heavy atom. The van der Waals surface area contributed by atoms with Crippen LogP contribution in [0.1, 0.15) is 94.0 Å². The number of esters is 1. The molecule has 2 aromatic carbocycles. The van der Waals surface area contributed by atoms with Gasteiger partial charge in [0, 0.05) is 109 Å². The number of anilines is 1. The van der Waals surface area contributed by atoms with Gasteiger partial charge in [0.1, 0.15) is 48.0 Å². The Morgan fingerprint density at radius 1 is 0.745 bits per heavy atom. The van der Waals surface area contributed by atoms with Crippen molar-refractivity contribution in [1.29, 1.82) is 0 Å². The number of aliphatic carboxylic acids is 3. The molecule has 0 radical (unpaired) electrons. The van der Waals surface area contributed by atoms with Crippen LogP contribution in [-0.2, 0) is 88.8 Å². The van der Waals surface area contributed by atoms with Crippen LogP contribution < -0.4 is 47.5 Å². The molecule has 15 N–H and O–H groups in total. The fourth-order valence-electron chi connectivity index (χ4n) is 15.9. The topological polar surface area (TPSA) is 480 Å². The zero-order valence-electron chi connectivity index (χ0n) is 60.7. The van der Waals surface area contributed by atoms with Crippen LogP contribution in [0.5, 0.6) is 5.75 Å². The summed E-state index contributed by atoms with van der Waals surface area (Å²) in [7, 11) is 9.96. The van der Waals surface area contributed by atoms with Crippen molar-refractivity contribution in [2.75, 3.05) is 137 Å². The normalized spacial score (nSPS) is 25.2. The SMILES string of the molecule is CC[C@]1(O)CCC[C@](C(=O)OC)(c2cc3c(cc2OC)N(C)[C@H]2[C@@](O)(C(=O)NNC(=O)OCCSSCC(NC(=O)[C@H](CC(=O)O)NC(=O)[C@H](CC(=O)O)NC(=O)[C@@H](N)CNC(=O)CCOCCOCCOCCOC)C(=O)O)[C@H](O)[C@]4(CC)C=CCN5CC[C@]32[C@@H]54)c2[nH]c3ccccc3c2CCN(C)C1. The summed E-state index contributed by atoms with van der Waals surface area (Å²) in [6, 6.07) is 2.66. The molecular weight excluding hydrogens is 1430 g/mol. The van der Waals surface area contributed by atoms with Gasteiger partial charge in [0.15, 0.2) is 5.60 Å². The number of H-pyrrole nitrogens is 1. The van der Waals surface area contributed by atoms with Crippen LogP contribution in [0.2, 0.25) is 0 Å². The first-order valence-electron chi connectivity index (χ1n) is 35.2. The Morgan fingerprint density at radius 2 is 1.40 bits per heavy atom. The van der Waals surface area contributed by atoms with E-state index in [4.69, 9.17) is 38.9 Å². The molecule has 1 aliphatic carbocycles. The second-order valence-corrected chi connectivity index (χ2v) is 29.9. The second-order valence-electron chi connectivity index (χ2n) is 27.2. The zero-order chi connectivity index (χ0) is 77.3. The third-order valence-corrected chi connectivity index (χ3v) is 23.2. The smallest absolute Gasteiger partial charge is 0.426 e. The number of nitrogens with zero attached hydrogens (tertiary/aromatic N) is 3. The van der Waals surface area contributed by atoms with E-state index in [1.165, 1.54) is 14.2 Å². The minimum absolute atomic E-state index is 0.00571. The first kappa shape index (κ1) is 83.8. The molecule has 5 heterocycles. The maximum atomic E-state index is 15.5. The number of nitrogens with two attached hydrogens (primary N) is 1. The van der Waals surface area contributed by atoms with E-state index in [1.54, 1.807) is 25.1 Å². The number of amides is 6. The number of rotatable bonds is 37. The van der Waals surface area contributed by atoms with Gasteiger partial charge in [0.25, 0.3) is 5.91 Å². The van der Waals surface area contributed by atoms with E-state index in [0.29, 0.717) is 113 Å². The highest BCUT2D eigenvalue weighted by atomic mass is 33.1. The molecule has 34 nitrogen and oxygen atoms in total. The van der Waals surface area contributed by atoms with E-state index in [1.807, 2.05) is 63.4 Å². The van der Waals surface area contributed by atoms with Gasteiger partial charge in [-0.2, -0.15) is 0 Å². The first-order valence-corrected chi connectivity index (χ1v) is 37.7. The predicted molar refractivity (Wildman–Crippen MR) is 386 cm³/mol. The maximum absolute atomic E-state index is 15.5. The third kappa shape index (κ3) is 18.3. The summed E-state index contributed by atoms with van der Waals surface area (Å²) in [5.41, 5.74) is 6.63. The van der Waals surface area contributed by atoms with E-state index < -0.39 is 149 Å². The van der Waals surface area contributed by atoms with Crippen LogP contribution in [0.25, 0.3) is 10.9 Å². The highest BCUT2D eigenvalue weighted by Crippen LogP contribution is 2.67. The lowest BCUT2D eigenvalue weighted by atomic mass is 9.47. The number of carboxylic acids is 3. The molecule has 106 heavy (non-hydrogen) atoms. The number of carboxylic acid groups (broad SMARTS) is 3. The van der Waals surface area contributed by atoms with E-state index in [0.717, 1.165) is 38.1 Å². The number of hydrazine groups is 1. The number of ether oxygens (including phenoxy) is 7. The molecule has 1 aromatic heterocycles. The van der Waals surface area contributed by atoms with Gasteiger partial charge in [-0.25, -0.2) is 15.0 Å². The van der Waals surface area contributed by atoms with Crippen molar-refractivity contribution >= 4 is 97.7 Å². The molecule has 36 heteroatoms. The summed E-state index contributed by atoms with van der Waals surface area (Å²) in [5.74, 6) is -11.0. The van der Waals surface area contributed by atoms with Crippen LogP contribution in [0, 0.1) is 5.41 Å². The van der Waals surface area contributed by atoms with Gasteiger partial charge >= 0.3 is 30.0 Å². The molecule has 1 saturated carbocycles. The number of benzene rings is 2. The standard InChI is InChI=1S/C70H101N11O23S2/c1-8-66(96)18-12-20-68(64(94)100-7,55-42(16-23-79(3)40-66)41-14-10-11-15-46(41)73-55)44-34-43-50(37-51(44)99-6)80(4)61-69(43)21-24-81-22-13-19-67(9-2,60(69)81)62(92)70(61,97)63(93)77-78-65(95)104-32-33-105-106-39-49(59(90)91)76-58(89)48(36-54(85)86)75-57(88)47(35-53(83)84)74-56(87)45(71)38-72-52(82)17-25-101-28-29-103-31-30-102-27-26-98-5/h10-11,13-15,19,34,37,45,47-49,60-62,73,92,96-97H,8-9,12,16-18,20-33,35-36,38-40,71H2,1-7H3,(H,72,82)(H,74,87)(H,75,88)(H,76,89)(H,77,93)(H,78,95)(H,83,84)(H,85,86)(H,90,91)/t45-,47-,48-,49?,60-,61+,62+,66-,67+,68-,69+,70-/m0/s1. The highest BCUT2D eigenvalue weighted by molar-refractivity contribution is 8.76. The number of aliphatic hydroxyl groups is 3. The van der Waals surface area contributed by atoms with E-state index in [9.17, 15) is 69.0 Å². The van der Waals surface area contributed by atoms with Crippen molar-refractivity contribution < 1.29 is 112 Å². The van der Waals surface area contributed by atoms with Gasteiger partial charge in [0.2, 0.25) is 23.6 Å². The fourth-order valence-corrected chi connectivity index (χ4v) is 17.8. The summed E-state index contributed by atoms with van der Waals surface area (Å²) in [4.78, 5) is 142. The Kier molecular flexibility index (Phi) is 29.5. The number of aromatic amines is 1. The van der Waals surface area contributed by atoms with Gasteiger partial charge in [-0.1, -0.05) is 65.8 Å². The predicted octanol–water partition coefficient (Wildman–Crippen LogP) is -0.206. The van der Waals surface area contributed by atoms with E-state index in [2.05, 4.69) is 46.9 Å². The molecule has 12 atom stereocenters. The quantitative estimate of drug-likeness (QED) is 0.0117. The molecule has 4 aliphatic heterocycles. The average molecular weight is 1530 g/mol. The number of hydrogen-bond donors (Lipinski definition) is 14. The summed E-state index contributed by atoms with van der Waals surface area (Å²) < 4.78 is 38.5. The summed E-state index contributed by atoms with van der Waals surface area (Å²) in [6.07, 6.45) is 0.959. The van der Waals surface area contributed by atoms with Crippen LogP contribution in [0.15, 0.2) is 48.6 Å². The number of nitrogens with one attached hydrogen (secondary N) is 7. The fraction of sp³-hybridized carbons (Fsp3) is 0.629. The lowest BCUT2D eigenvalue weighted by molar-refractivity contribution is -0.204. The van der Waals surface area contributed by atoms with Gasteiger partial charge in [-0.05, 0) is 81.8 Å². The Bertz CT molecular complexity index is 3690. The molecular formula is C70H101N11O23S2.